The van der Waals surface area contributed by atoms with Crippen LogP contribution in [0.3, 0.4) is 0 Å². The summed E-state index contributed by atoms with van der Waals surface area (Å²) < 4.78 is 11.3. The number of piperazine rings is 1. The minimum atomic E-state index is -0.0445. The quantitative estimate of drug-likeness (QED) is 0.774. The molecular formula is C18H27N5O3. The molecule has 0 radical (unpaired) electrons. The number of nitrogens with zero attached hydrogens (tertiary/aromatic N) is 3. The molecule has 1 aromatic heterocycles. The highest BCUT2D eigenvalue weighted by atomic mass is 16.5. The number of hydrogen-bond acceptors (Lipinski definition) is 7. The van der Waals surface area contributed by atoms with E-state index in [1.165, 1.54) is 0 Å². The Bertz CT molecular complexity index is 655. The Balaban J connectivity index is 1.23. The van der Waals surface area contributed by atoms with Crippen LogP contribution in [-0.2, 0) is 16.0 Å². The lowest BCUT2D eigenvalue weighted by molar-refractivity contribution is -0.129. The van der Waals surface area contributed by atoms with Crippen LogP contribution in [0.1, 0.15) is 49.8 Å². The van der Waals surface area contributed by atoms with E-state index in [9.17, 15) is 4.79 Å². The van der Waals surface area contributed by atoms with Crippen LogP contribution in [0.15, 0.2) is 4.42 Å². The topological polar surface area (TPSA) is 92.5 Å². The van der Waals surface area contributed by atoms with E-state index >= 15 is 0 Å². The molecule has 4 aliphatic rings. The van der Waals surface area contributed by atoms with Crippen molar-refractivity contribution in [3.63, 3.8) is 0 Å². The van der Waals surface area contributed by atoms with Gasteiger partial charge in [0.25, 0.3) is 0 Å². The molecule has 5 rings (SSSR count). The molecule has 8 nitrogen and oxygen atoms in total. The molecular weight excluding hydrogens is 334 g/mol. The van der Waals surface area contributed by atoms with Crippen LogP contribution in [0.2, 0.25) is 0 Å². The Labute approximate surface area is 153 Å². The lowest BCUT2D eigenvalue weighted by Gasteiger charge is -2.36. The molecule has 0 aromatic carbocycles. The Morgan fingerprint density at radius 1 is 1.15 bits per heavy atom. The molecule has 0 unspecified atom stereocenters. The zero-order chi connectivity index (χ0) is 17.5. The van der Waals surface area contributed by atoms with Gasteiger partial charge in [-0.3, -0.25) is 9.69 Å². The van der Waals surface area contributed by atoms with E-state index in [2.05, 4.69) is 25.7 Å². The summed E-state index contributed by atoms with van der Waals surface area (Å²) >= 11 is 0. The Morgan fingerprint density at radius 2 is 2.00 bits per heavy atom. The standard InChI is InChI=1S/C18H27N5O3/c24-17-15-7-13(20-12-3-5-25-6-4-12)10-23(15)14(9-19-17)8-16-21-22-18(26-16)11-1-2-11/h11-15,20H,1-10H2,(H,19,24)/t13-,14+,15-/m0/s1. The summed E-state index contributed by atoms with van der Waals surface area (Å²) in [6, 6.07) is 1.05. The fraction of sp³-hybridized carbons (Fsp3) is 0.833. The second-order valence-electron chi connectivity index (χ2n) is 8.11. The van der Waals surface area contributed by atoms with Gasteiger partial charge in [-0.15, -0.1) is 10.2 Å². The number of rotatable bonds is 5. The molecule has 4 fully saturated rings. The van der Waals surface area contributed by atoms with Crippen molar-refractivity contribution in [1.82, 2.24) is 25.7 Å². The van der Waals surface area contributed by atoms with E-state index in [0.29, 0.717) is 36.9 Å². The first-order chi connectivity index (χ1) is 12.8. The maximum Gasteiger partial charge on any atom is 0.237 e. The number of fused-ring (bicyclic) bond motifs is 1. The number of ether oxygens (including phenoxy) is 1. The number of amides is 1. The summed E-state index contributed by atoms with van der Waals surface area (Å²) in [5.74, 6) is 2.13. The second kappa shape index (κ2) is 6.90. The van der Waals surface area contributed by atoms with Crippen molar-refractivity contribution in [3.05, 3.63) is 11.8 Å². The molecule has 3 aliphatic heterocycles. The first-order valence-electron chi connectivity index (χ1n) is 9.96. The summed E-state index contributed by atoms with van der Waals surface area (Å²) in [7, 11) is 0. The Kier molecular flexibility index (Phi) is 4.42. The smallest absolute Gasteiger partial charge is 0.237 e. The molecule has 3 saturated heterocycles. The van der Waals surface area contributed by atoms with E-state index in [0.717, 1.165) is 57.8 Å². The van der Waals surface area contributed by atoms with E-state index < -0.39 is 0 Å². The van der Waals surface area contributed by atoms with Gasteiger partial charge in [0.2, 0.25) is 17.7 Å². The number of hydrogen-bond donors (Lipinski definition) is 2. The zero-order valence-electron chi connectivity index (χ0n) is 15.0. The molecule has 0 spiro atoms. The summed E-state index contributed by atoms with van der Waals surface area (Å²) in [5.41, 5.74) is 0. The van der Waals surface area contributed by atoms with Crippen molar-refractivity contribution in [2.45, 2.75) is 68.6 Å². The molecule has 1 aliphatic carbocycles. The van der Waals surface area contributed by atoms with Gasteiger partial charge in [0, 0.05) is 56.8 Å². The molecule has 26 heavy (non-hydrogen) atoms. The fourth-order valence-electron chi connectivity index (χ4n) is 4.53. The Hall–Kier alpha value is -1.51. The van der Waals surface area contributed by atoms with Gasteiger partial charge < -0.3 is 19.8 Å². The maximum absolute atomic E-state index is 12.4. The van der Waals surface area contributed by atoms with E-state index in [1.54, 1.807) is 0 Å². The van der Waals surface area contributed by atoms with Crippen LogP contribution < -0.4 is 10.6 Å². The van der Waals surface area contributed by atoms with Crippen LogP contribution in [-0.4, -0.2) is 71.5 Å². The lowest BCUT2D eigenvalue weighted by atomic mass is 10.0. The van der Waals surface area contributed by atoms with Gasteiger partial charge in [0.05, 0.1) is 6.04 Å². The zero-order valence-corrected chi connectivity index (χ0v) is 15.0. The summed E-state index contributed by atoms with van der Waals surface area (Å²) in [6.07, 6.45) is 6.02. The summed E-state index contributed by atoms with van der Waals surface area (Å²) in [4.78, 5) is 14.7. The predicted molar refractivity (Wildman–Crippen MR) is 92.7 cm³/mol. The van der Waals surface area contributed by atoms with Crippen molar-refractivity contribution >= 4 is 5.91 Å². The SMILES string of the molecule is O=C1NC[C@@H](Cc2nnc(C3CC3)o2)N2C[C@@H](NC3CCOCC3)C[C@@H]12. The molecule has 142 valence electrons. The monoisotopic (exact) mass is 361 g/mol. The van der Waals surface area contributed by atoms with Crippen LogP contribution in [0.25, 0.3) is 0 Å². The molecule has 4 heterocycles. The lowest BCUT2D eigenvalue weighted by Crippen LogP contribution is -2.58. The van der Waals surface area contributed by atoms with Crippen molar-refractivity contribution in [2.24, 2.45) is 0 Å². The average Bonchev–Trinajstić information content (AvgIpc) is 3.24. The highest BCUT2D eigenvalue weighted by Crippen LogP contribution is 2.39. The van der Waals surface area contributed by atoms with E-state index in [1.807, 2.05) is 0 Å². The van der Waals surface area contributed by atoms with E-state index in [-0.39, 0.29) is 18.0 Å². The van der Waals surface area contributed by atoms with Crippen LogP contribution >= 0.6 is 0 Å². The van der Waals surface area contributed by atoms with Crippen molar-refractivity contribution in [1.29, 1.82) is 0 Å². The van der Waals surface area contributed by atoms with Crippen molar-refractivity contribution in [3.8, 4) is 0 Å². The predicted octanol–water partition coefficient (Wildman–Crippen LogP) is 0.199. The first-order valence-corrected chi connectivity index (χ1v) is 9.96. The molecule has 1 amide bonds. The Morgan fingerprint density at radius 3 is 2.81 bits per heavy atom. The highest BCUT2D eigenvalue weighted by molar-refractivity contribution is 5.83. The van der Waals surface area contributed by atoms with Gasteiger partial charge in [-0.2, -0.15) is 0 Å². The van der Waals surface area contributed by atoms with Crippen LogP contribution in [0.4, 0.5) is 0 Å². The third kappa shape index (κ3) is 3.37. The molecule has 2 N–H and O–H groups in total. The minimum Gasteiger partial charge on any atom is -0.425 e. The van der Waals surface area contributed by atoms with Crippen LogP contribution in [0.5, 0.6) is 0 Å². The number of aromatic nitrogens is 2. The number of carbonyl (C=O) groups excluding carboxylic acids is 1. The van der Waals surface area contributed by atoms with Gasteiger partial charge in [-0.1, -0.05) is 0 Å². The average molecular weight is 361 g/mol. The highest BCUT2D eigenvalue weighted by Gasteiger charge is 2.44. The number of nitrogens with one attached hydrogen (secondary N) is 2. The van der Waals surface area contributed by atoms with Gasteiger partial charge in [0.15, 0.2) is 0 Å². The fourth-order valence-corrected chi connectivity index (χ4v) is 4.53. The van der Waals surface area contributed by atoms with E-state index in [4.69, 9.17) is 9.15 Å². The van der Waals surface area contributed by atoms with Gasteiger partial charge in [-0.05, 0) is 32.1 Å². The summed E-state index contributed by atoms with van der Waals surface area (Å²) in [5, 5.41) is 15.2. The number of carbonyl (C=O) groups is 1. The van der Waals surface area contributed by atoms with Gasteiger partial charge >= 0.3 is 0 Å². The van der Waals surface area contributed by atoms with Crippen LogP contribution in [0, 0.1) is 0 Å². The molecule has 3 atom stereocenters. The third-order valence-corrected chi connectivity index (χ3v) is 6.13. The summed E-state index contributed by atoms with van der Waals surface area (Å²) in [6.45, 7) is 3.23. The van der Waals surface area contributed by atoms with Crippen molar-refractivity contribution < 1.29 is 13.9 Å². The molecule has 1 aromatic rings. The first kappa shape index (κ1) is 16.6. The molecule has 1 saturated carbocycles. The second-order valence-corrected chi connectivity index (χ2v) is 8.11. The van der Waals surface area contributed by atoms with Gasteiger partial charge in [0.1, 0.15) is 0 Å². The molecule has 8 heteroatoms. The third-order valence-electron chi connectivity index (χ3n) is 6.13. The van der Waals surface area contributed by atoms with Gasteiger partial charge in [-0.25, -0.2) is 0 Å². The van der Waals surface area contributed by atoms with Crippen molar-refractivity contribution in [2.75, 3.05) is 26.3 Å². The molecule has 0 bridgehead atoms. The normalized spacial score (nSPS) is 33.2. The minimum absolute atomic E-state index is 0.0445. The maximum atomic E-state index is 12.4. The largest absolute Gasteiger partial charge is 0.425 e.